The van der Waals surface area contributed by atoms with Crippen molar-refractivity contribution in [2.24, 2.45) is 11.8 Å². The van der Waals surface area contributed by atoms with Gasteiger partial charge in [0.05, 0.1) is 24.9 Å². The summed E-state index contributed by atoms with van der Waals surface area (Å²) in [5.74, 6) is 1.64. The number of benzene rings is 1. The molecule has 1 N–H and O–H groups in total. The molecule has 0 aliphatic heterocycles. The van der Waals surface area contributed by atoms with Gasteiger partial charge in [-0.3, -0.25) is 4.79 Å². The molecule has 2 rings (SSSR count). The maximum atomic E-state index is 11.9. The molecule has 1 aromatic carbocycles. The van der Waals surface area contributed by atoms with Crippen LogP contribution in [-0.2, 0) is 4.79 Å². The Morgan fingerprint density at radius 3 is 2.44 bits per heavy atom. The molecule has 0 saturated heterocycles. The van der Waals surface area contributed by atoms with Crippen LogP contribution < -0.4 is 14.8 Å². The Morgan fingerprint density at radius 2 is 1.94 bits per heavy atom. The summed E-state index contributed by atoms with van der Waals surface area (Å²) < 4.78 is 10.3. The summed E-state index contributed by atoms with van der Waals surface area (Å²) in [6.45, 7) is 2.06. The van der Waals surface area contributed by atoms with Crippen LogP contribution in [-0.4, -0.2) is 20.1 Å². The highest BCUT2D eigenvalue weighted by molar-refractivity contribution is 6.32. The van der Waals surface area contributed by atoms with Crippen molar-refractivity contribution >= 4 is 23.2 Å². The van der Waals surface area contributed by atoms with E-state index in [-0.39, 0.29) is 11.8 Å². The number of anilines is 1. The zero-order valence-electron chi connectivity index (χ0n) is 10.6. The van der Waals surface area contributed by atoms with Crippen LogP contribution in [0.1, 0.15) is 13.3 Å². The first-order valence-corrected chi connectivity index (χ1v) is 6.17. The summed E-state index contributed by atoms with van der Waals surface area (Å²) in [6.07, 6.45) is 0.942. The molecule has 0 heterocycles. The largest absolute Gasteiger partial charge is 0.495 e. The van der Waals surface area contributed by atoms with Crippen LogP contribution in [0.2, 0.25) is 5.02 Å². The lowest BCUT2D eigenvalue weighted by Gasteiger charge is -2.13. The van der Waals surface area contributed by atoms with E-state index in [0.717, 1.165) is 6.42 Å². The number of nitrogens with one attached hydrogen (secondary N) is 1. The first-order valence-electron chi connectivity index (χ1n) is 5.79. The van der Waals surface area contributed by atoms with Gasteiger partial charge in [-0.2, -0.15) is 0 Å². The average Bonchev–Trinajstić information content (AvgIpc) is 3.07. The van der Waals surface area contributed by atoms with Gasteiger partial charge in [-0.05, 0) is 18.4 Å². The topological polar surface area (TPSA) is 47.6 Å². The van der Waals surface area contributed by atoms with E-state index in [9.17, 15) is 4.79 Å². The van der Waals surface area contributed by atoms with Gasteiger partial charge < -0.3 is 14.8 Å². The smallest absolute Gasteiger partial charge is 0.227 e. The van der Waals surface area contributed by atoms with Crippen molar-refractivity contribution in [3.05, 3.63) is 17.2 Å². The van der Waals surface area contributed by atoms with Gasteiger partial charge in [0.15, 0.2) is 0 Å². The quantitative estimate of drug-likeness (QED) is 0.914. The molecule has 18 heavy (non-hydrogen) atoms. The van der Waals surface area contributed by atoms with Gasteiger partial charge in [0.2, 0.25) is 5.91 Å². The second kappa shape index (κ2) is 5.06. The molecule has 98 valence electrons. The number of halogens is 1. The predicted molar refractivity (Wildman–Crippen MR) is 70.5 cm³/mol. The van der Waals surface area contributed by atoms with Gasteiger partial charge >= 0.3 is 0 Å². The van der Waals surface area contributed by atoms with Crippen molar-refractivity contribution in [1.82, 2.24) is 0 Å². The van der Waals surface area contributed by atoms with Gasteiger partial charge in [0.1, 0.15) is 11.5 Å². The summed E-state index contributed by atoms with van der Waals surface area (Å²) in [4.78, 5) is 11.9. The van der Waals surface area contributed by atoms with E-state index in [1.54, 1.807) is 12.1 Å². The lowest BCUT2D eigenvalue weighted by atomic mass is 10.2. The standard InChI is InChI=1S/C13H16ClNO3/c1-7-4-8(7)13(16)15-10-5-9(14)11(17-2)6-12(10)18-3/h5-8H,4H2,1-3H3,(H,15,16)/t7-,8+/m0/s1. The number of hydrogen-bond donors (Lipinski definition) is 1. The van der Waals surface area contributed by atoms with Crippen molar-refractivity contribution in [3.63, 3.8) is 0 Å². The molecule has 0 unspecified atom stereocenters. The molecule has 0 spiro atoms. The zero-order valence-corrected chi connectivity index (χ0v) is 11.4. The second-order valence-electron chi connectivity index (χ2n) is 4.50. The molecular weight excluding hydrogens is 254 g/mol. The van der Waals surface area contributed by atoms with Crippen molar-refractivity contribution < 1.29 is 14.3 Å². The summed E-state index contributed by atoms with van der Waals surface area (Å²) >= 11 is 6.03. The van der Waals surface area contributed by atoms with E-state index in [4.69, 9.17) is 21.1 Å². The third-order valence-corrected chi connectivity index (χ3v) is 3.47. The Balaban J connectivity index is 2.21. The van der Waals surface area contributed by atoms with Gasteiger partial charge in [0, 0.05) is 12.0 Å². The van der Waals surface area contributed by atoms with E-state index < -0.39 is 0 Å². The molecule has 1 saturated carbocycles. The average molecular weight is 270 g/mol. The lowest BCUT2D eigenvalue weighted by Crippen LogP contribution is -2.15. The summed E-state index contributed by atoms with van der Waals surface area (Å²) in [5.41, 5.74) is 0.576. The number of carbonyl (C=O) groups is 1. The van der Waals surface area contributed by atoms with Crippen LogP contribution in [0.25, 0.3) is 0 Å². The third-order valence-electron chi connectivity index (χ3n) is 3.18. The SMILES string of the molecule is COc1cc(OC)c(NC(=O)[C@@H]2C[C@@H]2C)cc1Cl. The Labute approximate surface area is 111 Å². The van der Waals surface area contributed by atoms with Crippen LogP contribution in [0.4, 0.5) is 5.69 Å². The fourth-order valence-corrected chi connectivity index (χ4v) is 2.11. The minimum Gasteiger partial charge on any atom is -0.495 e. The fourth-order valence-electron chi connectivity index (χ4n) is 1.87. The monoisotopic (exact) mass is 269 g/mol. The van der Waals surface area contributed by atoms with Crippen LogP contribution in [0, 0.1) is 11.8 Å². The molecular formula is C13H16ClNO3. The minimum absolute atomic E-state index is 0.0158. The number of hydrogen-bond acceptors (Lipinski definition) is 3. The maximum absolute atomic E-state index is 11.9. The highest BCUT2D eigenvalue weighted by Gasteiger charge is 2.39. The molecule has 0 bridgehead atoms. The third kappa shape index (κ3) is 2.53. The van der Waals surface area contributed by atoms with Gasteiger partial charge in [-0.1, -0.05) is 18.5 Å². The first-order chi connectivity index (χ1) is 8.56. The Bertz CT molecular complexity index is 476. The van der Waals surface area contributed by atoms with E-state index >= 15 is 0 Å². The minimum atomic E-state index is 0.0158. The molecule has 0 aromatic heterocycles. The van der Waals surface area contributed by atoms with E-state index in [1.807, 2.05) is 0 Å². The van der Waals surface area contributed by atoms with Crippen molar-refractivity contribution in [1.29, 1.82) is 0 Å². The number of rotatable bonds is 4. The molecule has 0 radical (unpaired) electrons. The number of methoxy groups -OCH3 is 2. The molecule has 4 nitrogen and oxygen atoms in total. The van der Waals surface area contributed by atoms with Crippen molar-refractivity contribution in [3.8, 4) is 11.5 Å². The molecule has 2 atom stereocenters. The Kier molecular flexibility index (Phi) is 3.66. The van der Waals surface area contributed by atoms with Gasteiger partial charge in [-0.15, -0.1) is 0 Å². The second-order valence-corrected chi connectivity index (χ2v) is 4.90. The molecule has 1 aromatic rings. The van der Waals surface area contributed by atoms with Crippen LogP contribution in [0.5, 0.6) is 11.5 Å². The summed E-state index contributed by atoms with van der Waals surface area (Å²) in [6, 6.07) is 3.30. The number of amides is 1. The van der Waals surface area contributed by atoms with E-state index in [2.05, 4.69) is 12.2 Å². The van der Waals surface area contributed by atoms with Crippen LogP contribution in [0.3, 0.4) is 0 Å². The highest BCUT2D eigenvalue weighted by Crippen LogP contribution is 2.40. The molecule has 1 amide bonds. The van der Waals surface area contributed by atoms with Gasteiger partial charge in [0.25, 0.3) is 0 Å². The normalized spacial score (nSPS) is 21.3. The Morgan fingerprint density at radius 1 is 1.33 bits per heavy atom. The predicted octanol–water partition coefficient (Wildman–Crippen LogP) is 2.95. The van der Waals surface area contributed by atoms with E-state index in [1.165, 1.54) is 14.2 Å². The Hall–Kier alpha value is -1.42. The van der Waals surface area contributed by atoms with Crippen LogP contribution in [0.15, 0.2) is 12.1 Å². The summed E-state index contributed by atoms with van der Waals surface area (Å²) in [7, 11) is 3.07. The maximum Gasteiger partial charge on any atom is 0.227 e. The molecule has 1 aliphatic carbocycles. The fraction of sp³-hybridized carbons (Fsp3) is 0.462. The first kappa shape index (κ1) is 13.0. The lowest BCUT2D eigenvalue weighted by molar-refractivity contribution is -0.117. The van der Waals surface area contributed by atoms with E-state index in [0.29, 0.717) is 28.1 Å². The highest BCUT2D eigenvalue weighted by atomic mass is 35.5. The van der Waals surface area contributed by atoms with Crippen molar-refractivity contribution in [2.75, 3.05) is 19.5 Å². The number of carbonyl (C=O) groups excluding carboxylic acids is 1. The van der Waals surface area contributed by atoms with Crippen LogP contribution >= 0.6 is 11.6 Å². The summed E-state index contributed by atoms with van der Waals surface area (Å²) in [5, 5.41) is 3.28. The van der Waals surface area contributed by atoms with Crippen molar-refractivity contribution in [2.45, 2.75) is 13.3 Å². The number of ether oxygens (including phenoxy) is 2. The molecule has 1 fully saturated rings. The zero-order chi connectivity index (χ0) is 13.3. The molecule has 5 heteroatoms. The van der Waals surface area contributed by atoms with Gasteiger partial charge in [-0.25, -0.2) is 0 Å². The molecule has 1 aliphatic rings.